The first-order valence-electron chi connectivity index (χ1n) is 7.96. The van der Waals surface area contributed by atoms with Crippen LogP contribution >= 0.6 is 0 Å². The van der Waals surface area contributed by atoms with Crippen LogP contribution in [0.4, 0.5) is 11.4 Å². The standard InChI is InChI=1S/C19H18N2O5/c1-2-15-5-3-4-6-17(15)20-18(22)13-26-19(23)12-9-14-7-10-16(11-8-14)21(24)25/h3-12H,2,13H2,1H3,(H,20,22)/b12-9+. The maximum atomic E-state index is 11.9. The van der Waals surface area contributed by atoms with E-state index in [4.69, 9.17) is 4.74 Å². The van der Waals surface area contributed by atoms with Gasteiger partial charge in [-0.3, -0.25) is 14.9 Å². The van der Waals surface area contributed by atoms with Crippen LogP contribution in [0.1, 0.15) is 18.1 Å². The van der Waals surface area contributed by atoms with Crippen molar-refractivity contribution >= 4 is 29.3 Å². The maximum absolute atomic E-state index is 11.9. The number of nitrogens with one attached hydrogen (secondary N) is 1. The number of para-hydroxylation sites is 1. The topological polar surface area (TPSA) is 98.5 Å². The van der Waals surface area contributed by atoms with Crippen molar-refractivity contribution in [1.82, 2.24) is 0 Å². The largest absolute Gasteiger partial charge is 0.452 e. The Morgan fingerprint density at radius 3 is 2.50 bits per heavy atom. The van der Waals surface area contributed by atoms with E-state index < -0.39 is 23.4 Å². The molecule has 0 fully saturated rings. The lowest BCUT2D eigenvalue weighted by molar-refractivity contribution is -0.384. The van der Waals surface area contributed by atoms with Gasteiger partial charge in [0.05, 0.1) is 4.92 Å². The predicted molar refractivity (Wildman–Crippen MR) is 97.5 cm³/mol. The highest BCUT2D eigenvalue weighted by molar-refractivity contribution is 5.95. The lowest BCUT2D eigenvalue weighted by Gasteiger charge is -2.09. The van der Waals surface area contributed by atoms with Crippen LogP contribution in [-0.4, -0.2) is 23.4 Å². The van der Waals surface area contributed by atoms with Gasteiger partial charge >= 0.3 is 5.97 Å². The molecule has 1 N–H and O–H groups in total. The fourth-order valence-corrected chi connectivity index (χ4v) is 2.19. The number of nitro benzene ring substituents is 1. The molecule has 0 saturated carbocycles. The van der Waals surface area contributed by atoms with Gasteiger partial charge in [0.25, 0.3) is 11.6 Å². The average Bonchev–Trinajstić information content (AvgIpc) is 2.65. The number of benzene rings is 2. The van der Waals surface area contributed by atoms with Crippen LogP contribution < -0.4 is 5.32 Å². The molecule has 7 nitrogen and oxygen atoms in total. The van der Waals surface area contributed by atoms with Gasteiger partial charge in [-0.1, -0.05) is 25.1 Å². The number of amides is 1. The molecule has 26 heavy (non-hydrogen) atoms. The third-order valence-corrected chi connectivity index (χ3v) is 3.53. The van der Waals surface area contributed by atoms with Gasteiger partial charge in [-0.2, -0.15) is 0 Å². The third-order valence-electron chi connectivity index (χ3n) is 3.53. The Labute approximate surface area is 150 Å². The number of aryl methyl sites for hydroxylation is 1. The smallest absolute Gasteiger partial charge is 0.331 e. The lowest BCUT2D eigenvalue weighted by Crippen LogP contribution is -2.20. The summed E-state index contributed by atoms with van der Waals surface area (Å²) in [6.45, 7) is 1.58. The zero-order valence-corrected chi connectivity index (χ0v) is 14.2. The minimum absolute atomic E-state index is 0.0336. The van der Waals surface area contributed by atoms with E-state index in [1.54, 1.807) is 6.07 Å². The molecule has 0 bridgehead atoms. The summed E-state index contributed by atoms with van der Waals surface area (Å²) in [6, 6.07) is 13.1. The second kappa shape index (κ2) is 9.12. The van der Waals surface area contributed by atoms with E-state index in [9.17, 15) is 19.7 Å². The van der Waals surface area contributed by atoms with Crippen molar-refractivity contribution < 1.29 is 19.2 Å². The summed E-state index contributed by atoms with van der Waals surface area (Å²) in [5.41, 5.74) is 2.25. The number of hydrogen-bond donors (Lipinski definition) is 1. The van der Waals surface area contributed by atoms with Crippen molar-refractivity contribution in [2.24, 2.45) is 0 Å². The fourth-order valence-electron chi connectivity index (χ4n) is 2.19. The Balaban J connectivity index is 1.84. The van der Waals surface area contributed by atoms with Gasteiger partial charge in [-0.15, -0.1) is 0 Å². The Morgan fingerprint density at radius 1 is 1.15 bits per heavy atom. The van der Waals surface area contributed by atoms with Crippen LogP contribution in [0.2, 0.25) is 0 Å². The van der Waals surface area contributed by atoms with Crippen molar-refractivity contribution in [3.05, 3.63) is 75.8 Å². The Morgan fingerprint density at radius 2 is 1.85 bits per heavy atom. The zero-order valence-electron chi connectivity index (χ0n) is 14.2. The SMILES string of the molecule is CCc1ccccc1NC(=O)COC(=O)/C=C/c1ccc([N+](=O)[O-])cc1. The molecule has 1 amide bonds. The molecular weight excluding hydrogens is 336 g/mol. The van der Waals surface area contributed by atoms with E-state index in [1.807, 2.05) is 25.1 Å². The summed E-state index contributed by atoms with van der Waals surface area (Å²) in [4.78, 5) is 33.6. The molecule has 2 aromatic carbocycles. The molecule has 0 aliphatic rings. The number of esters is 1. The number of ether oxygens (including phenoxy) is 1. The average molecular weight is 354 g/mol. The second-order valence-electron chi connectivity index (χ2n) is 5.35. The molecule has 2 rings (SSSR count). The second-order valence-corrected chi connectivity index (χ2v) is 5.35. The van der Waals surface area contributed by atoms with Crippen LogP contribution in [-0.2, 0) is 20.7 Å². The number of carbonyl (C=O) groups excluding carboxylic acids is 2. The number of anilines is 1. The molecule has 0 radical (unpaired) electrons. The maximum Gasteiger partial charge on any atom is 0.331 e. The number of hydrogen-bond acceptors (Lipinski definition) is 5. The zero-order chi connectivity index (χ0) is 18.9. The highest BCUT2D eigenvalue weighted by Gasteiger charge is 2.08. The predicted octanol–water partition coefficient (Wildman–Crippen LogP) is 3.35. The number of rotatable bonds is 7. The van der Waals surface area contributed by atoms with E-state index in [0.717, 1.165) is 18.1 Å². The fraction of sp³-hybridized carbons (Fsp3) is 0.158. The molecule has 0 aliphatic carbocycles. The molecule has 0 unspecified atom stereocenters. The highest BCUT2D eigenvalue weighted by atomic mass is 16.6. The minimum atomic E-state index is -0.678. The quantitative estimate of drug-likeness (QED) is 0.356. The summed E-state index contributed by atoms with van der Waals surface area (Å²) in [7, 11) is 0. The molecule has 134 valence electrons. The normalized spacial score (nSPS) is 10.5. The third kappa shape index (κ3) is 5.55. The molecule has 0 aliphatic heterocycles. The van der Waals surface area contributed by atoms with Gasteiger partial charge in [-0.05, 0) is 41.8 Å². The van der Waals surface area contributed by atoms with Crippen molar-refractivity contribution in [3.8, 4) is 0 Å². The highest BCUT2D eigenvalue weighted by Crippen LogP contribution is 2.15. The monoisotopic (exact) mass is 354 g/mol. The Bertz CT molecular complexity index is 828. The molecule has 7 heteroatoms. The number of nitro groups is 1. The molecule has 0 heterocycles. The van der Waals surface area contributed by atoms with Crippen molar-refractivity contribution in [1.29, 1.82) is 0 Å². The van der Waals surface area contributed by atoms with E-state index in [0.29, 0.717) is 11.3 Å². The van der Waals surface area contributed by atoms with Gasteiger partial charge in [-0.25, -0.2) is 4.79 Å². The van der Waals surface area contributed by atoms with Gasteiger partial charge in [0.2, 0.25) is 0 Å². The summed E-state index contributed by atoms with van der Waals surface area (Å²) < 4.78 is 4.89. The van der Waals surface area contributed by atoms with E-state index in [1.165, 1.54) is 30.3 Å². The van der Waals surface area contributed by atoms with Crippen LogP contribution in [0.25, 0.3) is 6.08 Å². The molecular formula is C19H18N2O5. The van der Waals surface area contributed by atoms with Gasteiger partial charge in [0, 0.05) is 23.9 Å². The Hall–Kier alpha value is -3.48. The van der Waals surface area contributed by atoms with E-state index in [2.05, 4.69) is 5.32 Å². The molecule has 2 aromatic rings. The summed E-state index contributed by atoms with van der Waals surface area (Å²) in [5.74, 6) is -1.11. The van der Waals surface area contributed by atoms with E-state index >= 15 is 0 Å². The minimum Gasteiger partial charge on any atom is -0.452 e. The van der Waals surface area contributed by atoms with E-state index in [-0.39, 0.29) is 5.69 Å². The first kappa shape index (κ1) is 18.9. The van der Waals surface area contributed by atoms with Gasteiger partial charge in [0.1, 0.15) is 0 Å². The van der Waals surface area contributed by atoms with Crippen LogP contribution in [0, 0.1) is 10.1 Å². The van der Waals surface area contributed by atoms with Gasteiger partial charge in [0.15, 0.2) is 6.61 Å². The number of carbonyl (C=O) groups is 2. The summed E-state index contributed by atoms with van der Waals surface area (Å²) in [5, 5.41) is 13.3. The number of nitrogens with zero attached hydrogens (tertiary/aromatic N) is 1. The van der Waals surface area contributed by atoms with Gasteiger partial charge < -0.3 is 10.1 Å². The summed E-state index contributed by atoms with van der Waals surface area (Å²) >= 11 is 0. The first-order valence-corrected chi connectivity index (χ1v) is 7.96. The summed E-state index contributed by atoms with van der Waals surface area (Å²) in [6.07, 6.45) is 3.39. The lowest BCUT2D eigenvalue weighted by atomic mass is 10.1. The molecule has 0 atom stereocenters. The van der Waals surface area contributed by atoms with Crippen molar-refractivity contribution in [2.45, 2.75) is 13.3 Å². The molecule has 0 aromatic heterocycles. The van der Waals surface area contributed by atoms with Crippen LogP contribution in [0.3, 0.4) is 0 Å². The van der Waals surface area contributed by atoms with Crippen molar-refractivity contribution in [2.75, 3.05) is 11.9 Å². The molecule has 0 saturated heterocycles. The number of non-ortho nitro benzene ring substituents is 1. The molecule has 0 spiro atoms. The first-order chi connectivity index (χ1) is 12.5. The van der Waals surface area contributed by atoms with Crippen LogP contribution in [0.15, 0.2) is 54.6 Å². The Kier molecular flexibility index (Phi) is 6.61. The van der Waals surface area contributed by atoms with Crippen molar-refractivity contribution in [3.63, 3.8) is 0 Å². The van der Waals surface area contributed by atoms with Crippen LogP contribution in [0.5, 0.6) is 0 Å².